The first-order valence-corrected chi connectivity index (χ1v) is 7.57. The second-order valence-electron chi connectivity index (χ2n) is 6.40. The number of piperidine rings is 1. The first kappa shape index (κ1) is 16.4. The molecular weight excluding hydrogens is 240 g/mol. The number of carbonyl (C=O) groups is 1. The number of hydrogen-bond donors (Lipinski definition) is 1. The maximum Gasteiger partial charge on any atom is 0.223 e. The van der Waals surface area contributed by atoms with Crippen molar-refractivity contribution in [2.75, 3.05) is 26.2 Å². The Labute approximate surface area is 117 Å². The zero-order valence-corrected chi connectivity index (χ0v) is 13.0. The summed E-state index contributed by atoms with van der Waals surface area (Å²) in [6, 6.07) is 0. The van der Waals surface area contributed by atoms with Gasteiger partial charge in [-0.1, -0.05) is 6.92 Å². The van der Waals surface area contributed by atoms with Gasteiger partial charge in [-0.05, 0) is 40.0 Å². The van der Waals surface area contributed by atoms with E-state index in [2.05, 4.69) is 33.0 Å². The average Bonchev–Trinajstić information content (AvgIpc) is 2.35. The minimum Gasteiger partial charge on any atom is -0.376 e. The van der Waals surface area contributed by atoms with Gasteiger partial charge >= 0.3 is 0 Å². The van der Waals surface area contributed by atoms with E-state index in [0.717, 1.165) is 45.5 Å². The molecule has 0 aromatic heterocycles. The third-order valence-corrected chi connectivity index (χ3v) is 3.28. The van der Waals surface area contributed by atoms with E-state index in [1.807, 2.05) is 4.90 Å². The molecule has 1 aliphatic rings. The molecule has 1 fully saturated rings. The molecule has 0 aromatic rings. The van der Waals surface area contributed by atoms with E-state index in [0.29, 0.717) is 6.42 Å². The van der Waals surface area contributed by atoms with Gasteiger partial charge in [-0.3, -0.25) is 4.79 Å². The quantitative estimate of drug-likeness (QED) is 0.804. The van der Waals surface area contributed by atoms with Crippen molar-refractivity contribution in [1.29, 1.82) is 0 Å². The molecule has 0 aliphatic carbocycles. The predicted molar refractivity (Wildman–Crippen MR) is 78.2 cm³/mol. The molecule has 1 rings (SSSR count). The summed E-state index contributed by atoms with van der Waals surface area (Å²) < 4.78 is 5.76. The van der Waals surface area contributed by atoms with Gasteiger partial charge in [0, 0.05) is 38.2 Å². The molecule has 0 bridgehead atoms. The lowest BCUT2D eigenvalue weighted by Crippen LogP contribution is -2.45. The summed E-state index contributed by atoms with van der Waals surface area (Å²) in [7, 11) is 0. The summed E-state index contributed by atoms with van der Waals surface area (Å²) in [4.78, 5) is 14.1. The van der Waals surface area contributed by atoms with Gasteiger partial charge in [0.1, 0.15) is 0 Å². The van der Waals surface area contributed by atoms with E-state index in [-0.39, 0.29) is 17.6 Å². The largest absolute Gasteiger partial charge is 0.376 e. The molecule has 0 spiro atoms. The number of hydrogen-bond acceptors (Lipinski definition) is 3. The summed E-state index contributed by atoms with van der Waals surface area (Å²) in [6.07, 6.45) is 4.02. The highest BCUT2D eigenvalue weighted by Crippen LogP contribution is 2.14. The van der Waals surface area contributed by atoms with Crippen molar-refractivity contribution in [3.63, 3.8) is 0 Å². The molecule has 19 heavy (non-hydrogen) atoms. The fourth-order valence-electron chi connectivity index (χ4n) is 2.29. The molecule has 1 amide bonds. The normalized spacial score (nSPS) is 20.6. The third kappa shape index (κ3) is 6.92. The monoisotopic (exact) mass is 270 g/mol. The standard InChI is InChI=1S/C15H30N2O2/c1-5-11-19-13-7-6-10-17(12-13)14(18)8-9-16-15(2,3)4/h13,16H,5-12H2,1-4H3. The van der Waals surface area contributed by atoms with Crippen LogP contribution in [0, 0.1) is 0 Å². The summed E-state index contributed by atoms with van der Waals surface area (Å²) in [6.45, 7) is 11.7. The Morgan fingerprint density at radius 3 is 2.79 bits per heavy atom. The molecule has 1 unspecified atom stereocenters. The Balaban J connectivity index is 2.27. The van der Waals surface area contributed by atoms with Crippen molar-refractivity contribution < 1.29 is 9.53 Å². The van der Waals surface area contributed by atoms with Crippen molar-refractivity contribution in [3.05, 3.63) is 0 Å². The predicted octanol–water partition coefficient (Wildman–Crippen LogP) is 2.18. The minimum atomic E-state index is 0.0783. The van der Waals surface area contributed by atoms with Gasteiger partial charge in [0.05, 0.1) is 6.10 Å². The molecule has 1 atom stereocenters. The topological polar surface area (TPSA) is 41.6 Å². The molecular formula is C15H30N2O2. The molecule has 1 N–H and O–H groups in total. The lowest BCUT2D eigenvalue weighted by molar-refractivity contribution is -0.135. The summed E-state index contributed by atoms with van der Waals surface area (Å²) in [5, 5.41) is 3.36. The van der Waals surface area contributed by atoms with Gasteiger partial charge in [-0.2, -0.15) is 0 Å². The molecule has 0 saturated carbocycles. The molecule has 1 aliphatic heterocycles. The number of likely N-dealkylation sites (tertiary alicyclic amines) is 1. The number of carbonyl (C=O) groups excluding carboxylic acids is 1. The molecule has 0 radical (unpaired) electrons. The van der Waals surface area contributed by atoms with E-state index in [9.17, 15) is 4.79 Å². The Bertz CT molecular complexity index is 274. The first-order valence-electron chi connectivity index (χ1n) is 7.57. The fraction of sp³-hybridized carbons (Fsp3) is 0.933. The highest BCUT2D eigenvalue weighted by Gasteiger charge is 2.23. The van der Waals surface area contributed by atoms with Gasteiger partial charge < -0.3 is 15.0 Å². The Hall–Kier alpha value is -0.610. The SMILES string of the molecule is CCCOC1CCCN(C(=O)CCNC(C)(C)C)C1. The van der Waals surface area contributed by atoms with Gasteiger partial charge in [0.25, 0.3) is 0 Å². The fourth-order valence-corrected chi connectivity index (χ4v) is 2.29. The van der Waals surface area contributed by atoms with E-state index >= 15 is 0 Å². The van der Waals surface area contributed by atoms with Crippen molar-refractivity contribution >= 4 is 5.91 Å². The number of nitrogens with zero attached hydrogens (tertiary/aromatic N) is 1. The van der Waals surface area contributed by atoms with Gasteiger partial charge in [-0.25, -0.2) is 0 Å². The average molecular weight is 270 g/mol. The van der Waals surface area contributed by atoms with Crippen LogP contribution in [0.2, 0.25) is 0 Å². The van der Waals surface area contributed by atoms with Crippen LogP contribution in [0.3, 0.4) is 0 Å². The second kappa shape index (κ2) is 7.85. The van der Waals surface area contributed by atoms with Crippen LogP contribution in [0.4, 0.5) is 0 Å². The minimum absolute atomic E-state index is 0.0783. The Kier molecular flexibility index (Phi) is 6.80. The molecule has 4 heteroatoms. The molecule has 4 nitrogen and oxygen atoms in total. The summed E-state index contributed by atoms with van der Waals surface area (Å²) in [5.74, 6) is 0.251. The van der Waals surface area contributed by atoms with E-state index in [1.165, 1.54) is 0 Å². The van der Waals surface area contributed by atoms with Crippen molar-refractivity contribution in [2.45, 2.75) is 65.0 Å². The van der Waals surface area contributed by atoms with Crippen molar-refractivity contribution in [1.82, 2.24) is 10.2 Å². The van der Waals surface area contributed by atoms with Crippen LogP contribution in [-0.4, -0.2) is 48.7 Å². The van der Waals surface area contributed by atoms with Gasteiger partial charge in [0.2, 0.25) is 5.91 Å². The van der Waals surface area contributed by atoms with Crippen LogP contribution in [0.5, 0.6) is 0 Å². The van der Waals surface area contributed by atoms with E-state index in [1.54, 1.807) is 0 Å². The second-order valence-corrected chi connectivity index (χ2v) is 6.40. The lowest BCUT2D eigenvalue weighted by atomic mass is 10.1. The van der Waals surface area contributed by atoms with Crippen molar-refractivity contribution in [3.8, 4) is 0 Å². The number of ether oxygens (including phenoxy) is 1. The molecule has 0 aromatic carbocycles. The molecule has 112 valence electrons. The van der Waals surface area contributed by atoms with Crippen LogP contribution < -0.4 is 5.32 Å². The van der Waals surface area contributed by atoms with Crippen LogP contribution in [0.25, 0.3) is 0 Å². The van der Waals surface area contributed by atoms with Crippen LogP contribution >= 0.6 is 0 Å². The van der Waals surface area contributed by atoms with Gasteiger partial charge in [0.15, 0.2) is 0 Å². The lowest BCUT2D eigenvalue weighted by Gasteiger charge is -2.33. The Morgan fingerprint density at radius 1 is 1.42 bits per heavy atom. The van der Waals surface area contributed by atoms with E-state index < -0.39 is 0 Å². The maximum atomic E-state index is 12.1. The highest BCUT2D eigenvalue weighted by atomic mass is 16.5. The zero-order valence-electron chi connectivity index (χ0n) is 13.0. The number of nitrogens with one attached hydrogen (secondary N) is 1. The Morgan fingerprint density at radius 2 is 2.16 bits per heavy atom. The third-order valence-electron chi connectivity index (χ3n) is 3.28. The van der Waals surface area contributed by atoms with Crippen LogP contribution in [0.15, 0.2) is 0 Å². The van der Waals surface area contributed by atoms with E-state index in [4.69, 9.17) is 4.74 Å². The zero-order chi connectivity index (χ0) is 14.3. The smallest absolute Gasteiger partial charge is 0.223 e. The maximum absolute atomic E-state index is 12.1. The van der Waals surface area contributed by atoms with Gasteiger partial charge in [-0.15, -0.1) is 0 Å². The molecule has 1 heterocycles. The van der Waals surface area contributed by atoms with Crippen LogP contribution in [-0.2, 0) is 9.53 Å². The highest BCUT2D eigenvalue weighted by molar-refractivity contribution is 5.76. The summed E-state index contributed by atoms with van der Waals surface area (Å²) >= 11 is 0. The van der Waals surface area contributed by atoms with Crippen LogP contribution in [0.1, 0.15) is 53.4 Å². The summed E-state index contributed by atoms with van der Waals surface area (Å²) in [5.41, 5.74) is 0.0783. The number of rotatable bonds is 6. The molecule has 1 saturated heterocycles. The number of amides is 1. The first-order chi connectivity index (χ1) is 8.92. The van der Waals surface area contributed by atoms with Crippen molar-refractivity contribution in [2.24, 2.45) is 0 Å².